The van der Waals surface area contributed by atoms with Crippen molar-refractivity contribution in [2.75, 3.05) is 19.0 Å². The summed E-state index contributed by atoms with van der Waals surface area (Å²) in [6.07, 6.45) is 0.0457. The number of nitrogens with zero attached hydrogens (tertiary/aromatic N) is 1. The number of ether oxygens (including phenoxy) is 2. The van der Waals surface area contributed by atoms with Gasteiger partial charge in [-0.25, -0.2) is 9.78 Å². The summed E-state index contributed by atoms with van der Waals surface area (Å²) in [4.78, 5) is 40.9. The van der Waals surface area contributed by atoms with E-state index in [0.29, 0.717) is 27.0 Å². The van der Waals surface area contributed by atoms with E-state index in [1.54, 1.807) is 26.0 Å². The van der Waals surface area contributed by atoms with Gasteiger partial charge >= 0.3 is 5.97 Å². The molecule has 2 rings (SSSR count). The molecule has 0 saturated heterocycles. The number of ketones is 1. The molecule has 0 aliphatic heterocycles. The Labute approximate surface area is 161 Å². The zero-order valence-corrected chi connectivity index (χ0v) is 16.6. The molecule has 0 fully saturated rings. The minimum absolute atomic E-state index is 0.00327. The molecule has 1 heterocycles. The third-order valence-corrected chi connectivity index (χ3v) is 4.79. The molecule has 0 aliphatic carbocycles. The lowest BCUT2D eigenvalue weighted by Gasteiger charge is -2.08. The molecule has 7 nitrogen and oxygen atoms in total. The van der Waals surface area contributed by atoms with E-state index in [1.165, 1.54) is 7.11 Å². The number of hydrogen-bond donors (Lipinski definition) is 1. The standard InChI is InChI=1S/C19H22N2O5S/c1-5-26-18(24)17-12(3)20-19(27-17)21-16(23)9-7-14(22)13-10-11(2)6-8-15(13)25-4/h6,8,10H,5,7,9H2,1-4H3,(H,20,21,23). The molecule has 2 aromatic rings. The number of thiazole rings is 1. The number of nitrogens with one attached hydrogen (secondary N) is 1. The van der Waals surface area contributed by atoms with Gasteiger partial charge in [0.05, 0.1) is 25.0 Å². The smallest absolute Gasteiger partial charge is 0.350 e. The van der Waals surface area contributed by atoms with E-state index < -0.39 is 5.97 Å². The monoisotopic (exact) mass is 390 g/mol. The van der Waals surface area contributed by atoms with E-state index in [2.05, 4.69) is 10.3 Å². The van der Waals surface area contributed by atoms with Crippen LogP contribution in [0.15, 0.2) is 18.2 Å². The number of Topliss-reactive ketones (excluding diaryl/α,β-unsaturated/α-hetero) is 1. The van der Waals surface area contributed by atoms with Gasteiger partial charge in [-0.3, -0.25) is 9.59 Å². The molecule has 0 radical (unpaired) electrons. The van der Waals surface area contributed by atoms with Gasteiger partial charge in [-0.2, -0.15) is 0 Å². The highest BCUT2D eigenvalue weighted by molar-refractivity contribution is 7.17. The number of benzene rings is 1. The molecule has 1 amide bonds. The Hall–Kier alpha value is -2.74. The Bertz CT molecular complexity index is 860. The number of anilines is 1. The topological polar surface area (TPSA) is 94.6 Å². The largest absolute Gasteiger partial charge is 0.496 e. The van der Waals surface area contributed by atoms with Gasteiger partial charge in [0.2, 0.25) is 5.91 Å². The highest BCUT2D eigenvalue weighted by atomic mass is 32.1. The average molecular weight is 390 g/mol. The molecule has 27 heavy (non-hydrogen) atoms. The molecule has 1 aromatic heterocycles. The number of amides is 1. The first-order valence-electron chi connectivity index (χ1n) is 8.48. The number of esters is 1. The Morgan fingerprint density at radius 1 is 1.19 bits per heavy atom. The molecule has 0 aliphatic rings. The first-order valence-corrected chi connectivity index (χ1v) is 9.29. The molecule has 0 unspecified atom stereocenters. The fourth-order valence-corrected chi connectivity index (χ4v) is 3.30. The van der Waals surface area contributed by atoms with E-state index in [1.807, 2.05) is 13.0 Å². The highest BCUT2D eigenvalue weighted by Gasteiger charge is 2.18. The van der Waals surface area contributed by atoms with Gasteiger partial charge < -0.3 is 14.8 Å². The number of carbonyl (C=O) groups excluding carboxylic acids is 3. The maximum Gasteiger partial charge on any atom is 0.350 e. The van der Waals surface area contributed by atoms with Crippen molar-refractivity contribution in [3.05, 3.63) is 39.9 Å². The number of aromatic nitrogens is 1. The molecule has 1 N–H and O–H groups in total. The van der Waals surface area contributed by atoms with Crippen molar-refractivity contribution in [2.45, 2.75) is 33.6 Å². The van der Waals surface area contributed by atoms with Gasteiger partial charge in [0.15, 0.2) is 10.9 Å². The van der Waals surface area contributed by atoms with Crippen molar-refractivity contribution in [3.8, 4) is 5.75 Å². The molecule has 0 saturated carbocycles. The normalized spacial score (nSPS) is 10.4. The SMILES string of the molecule is CCOC(=O)c1sc(NC(=O)CCC(=O)c2cc(C)ccc2OC)nc1C. The van der Waals surface area contributed by atoms with E-state index in [9.17, 15) is 14.4 Å². The van der Waals surface area contributed by atoms with Crippen molar-refractivity contribution in [1.82, 2.24) is 4.98 Å². The van der Waals surface area contributed by atoms with Gasteiger partial charge in [0, 0.05) is 12.8 Å². The summed E-state index contributed by atoms with van der Waals surface area (Å²) in [5.74, 6) is -0.497. The van der Waals surface area contributed by atoms with Crippen LogP contribution in [0, 0.1) is 13.8 Å². The zero-order valence-electron chi connectivity index (χ0n) is 15.8. The molecular weight excluding hydrogens is 368 g/mol. The summed E-state index contributed by atoms with van der Waals surface area (Å²) in [6, 6.07) is 5.33. The number of carbonyl (C=O) groups is 3. The van der Waals surface area contributed by atoms with Gasteiger partial charge in [0.25, 0.3) is 0 Å². The Balaban J connectivity index is 1.97. The van der Waals surface area contributed by atoms with Crippen LogP contribution in [-0.4, -0.2) is 36.4 Å². The second-order valence-corrected chi connectivity index (χ2v) is 6.83. The van der Waals surface area contributed by atoms with E-state index in [4.69, 9.17) is 9.47 Å². The van der Waals surface area contributed by atoms with Crippen LogP contribution in [0.3, 0.4) is 0 Å². The second kappa shape index (κ2) is 9.27. The quantitative estimate of drug-likeness (QED) is 0.547. The summed E-state index contributed by atoms with van der Waals surface area (Å²) < 4.78 is 10.2. The average Bonchev–Trinajstić information content (AvgIpc) is 3.00. The number of rotatable bonds is 8. The Kier molecular flexibility index (Phi) is 7.06. The van der Waals surface area contributed by atoms with Gasteiger partial charge in [-0.15, -0.1) is 0 Å². The third kappa shape index (κ3) is 5.37. The molecular formula is C19H22N2O5S. The first-order chi connectivity index (χ1) is 12.8. The highest BCUT2D eigenvalue weighted by Crippen LogP contribution is 2.24. The van der Waals surface area contributed by atoms with Crippen molar-refractivity contribution in [2.24, 2.45) is 0 Å². The predicted octanol–water partition coefficient (Wildman–Crippen LogP) is 3.55. The van der Waals surface area contributed by atoms with Gasteiger partial charge in [-0.05, 0) is 32.9 Å². The minimum Gasteiger partial charge on any atom is -0.496 e. The van der Waals surface area contributed by atoms with Crippen molar-refractivity contribution in [1.29, 1.82) is 0 Å². The summed E-state index contributed by atoms with van der Waals surface area (Å²) in [6.45, 7) is 5.54. The maximum absolute atomic E-state index is 12.4. The summed E-state index contributed by atoms with van der Waals surface area (Å²) in [7, 11) is 1.50. The van der Waals surface area contributed by atoms with Crippen LogP contribution >= 0.6 is 11.3 Å². The predicted molar refractivity (Wildman–Crippen MR) is 103 cm³/mol. The minimum atomic E-state index is -0.463. The Morgan fingerprint density at radius 2 is 1.93 bits per heavy atom. The molecule has 1 aromatic carbocycles. The Morgan fingerprint density at radius 3 is 2.59 bits per heavy atom. The fraction of sp³-hybridized carbons (Fsp3) is 0.368. The lowest BCUT2D eigenvalue weighted by Crippen LogP contribution is -2.13. The number of aryl methyl sites for hydroxylation is 2. The van der Waals surface area contributed by atoms with Gasteiger partial charge in [-0.1, -0.05) is 23.0 Å². The van der Waals surface area contributed by atoms with Crippen LogP contribution in [0.25, 0.3) is 0 Å². The van der Waals surface area contributed by atoms with Crippen molar-refractivity contribution in [3.63, 3.8) is 0 Å². The first kappa shape index (κ1) is 20.6. The van der Waals surface area contributed by atoms with Gasteiger partial charge in [0.1, 0.15) is 10.6 Å². The zero-order chi connectivity index (χ0) is 20.0. The van der Waals surface area contributed by atoms with Crippen LogP contribution in [0.2, 0.25) is 0 Å². The fourth-order valence-electron chi connectivity index (χ4n) is 2.42. The van der Waals surface area contributed by atoms with Crippen LogP contribution < -0.4 is 10.1 Å². The lowest BCUT2D eigenvalue weighted by atomic mass is 10.0. The summed E-state index contributed by atoms with van der Waals surface area (Å²) in [5.41, 5.74) is 1.89. The maximum atomic E-state index is 12.4. The lowest BCUT2D eigenvalue weighted by molar-refractivity contribution is -0.116. The molecule has 8 heteroatoms. The van der Waals surface area contributed by atoms with Crippen molar-refractivity contribution >= 4 is 34.1 Å². The van der Waals surface area contributed by atoms with Crippen LogP contribution in [0.5, 0.6) is 5.75 Å². The summed E-state index contributed by atoms with van der Waals surface area (Å²) in [5, 5.41) is 2.93. The van der Waals surface area contributed by atoms with E-state index in [-0.39, 0.29) is 31.1 Å². The number of methoxy groups -OCH3 is 1. The van der Waals surface area contributed by atoms with E-state index >= 15 is 0 Å². The van der Waals surface area contributed by atoms with Crippen molar-refractivity contribution < 1.29 is 23.9 Å². The molecule has 0 bridgehead atoms. The molecule has 0 spiro atoms. The summed E-state index contributed by atoms with van der Waals surface area (Å²) >= 11 is 1.05. The second-order valence-electron chi connectivity index (χ2n) is 5.83. The van der Waals surface area contributed by atoms with E-state index in [0.717, 1.165) is 16.9 Å². The number of hydrogen-bond acceptors (Lipinski definition) is 7. The van der Waals surface area contributed by atoms with Crippen LogP contribution in [-0.2, 0) is 9.53 Å². The molecule has 144 valence electrons. The third-order valence-electron chi connectivity index (χ3n) is 3.74. The van der Waals surface area contributed by atoms with Crippen LogP contribution in [0.1, 0.15) is 51.1 Å². The van der Waals surface area contributed by atoms with Crippen LogP contribution in [0.4, 0.5) is 5.13 Å². The molecule has 0 atom stereocenters.